The molecule has 0 radical (unpaired) electrons. The minimum atomic E-state index is -3.76. The maximum Gasteiger partial charge on any atom is 0.243 e. The molecule has 3 aromatic rings. The minimum Gasteiger partial charge on any atom is -0.286 e. The Hall–Kier alpha value is -1.96. The van der Waals surface area contributed by atoms with Crippen LogP contribution in [0.3, 0.4) is 0 Å². The molecular weight excluding hydrogens is 494 g/mol. The average Bonchev–Trinajstić information content (AvgIpc) is 2.82. The van der Waals surface area contributed by atoms with Crippen molar-refractivity contribution in [3.8, 4) is 0 Å². The zero-order chi connectivity index (χ0) is 24.5. The fraction of sp³-hybridized carbons (Fsp3) is 0.308. The molecule has 1 aliphatic rings. The van der Waals surface area contributed by atoms with Crippen LogP contribution in [0, 0.1) is 5.82 Å². The third-order valence-corrected chi connectivity index (χ3v) is 8.86. The first kappa shape index (κ1) is 25.1. The lowest BCUT2D eigenvalue weighted by atomic mass is 9.88. The third kappa shape index (κ3) is 5.02. The number of rotatable bonds is 8. The number of benzene rings is 3. The van der Waals surface area contributed by atoms with Gasteiger partial charge in [0, 0.05) is 29.2 Å². The summed E-state index contributed by atoms with van der Waals surface area (Å²) in [5.41, 5.74) is 2.14. The van der Waals surface area contributed by atoms with Crippen LogP contribution in [0.2, 0.25) is 10.0 Å². The summed E-state index contributed by atoms with van der Waals surface area (Å²) in [6.45, 7) is 4.97. The standard InChI is InChI=1S/C26H27Cl2FN2O2S/c1-3-16-31(34(32,33)24-14-12-23(29)13-15-24)25-17-30(18(25)2)26(19-4-8-21(27)9-5-19)20-6-10-22(28)11-7-20/h4-15,18,25-26H,3,16-17H2,1-2H3. The highest BCUT2D eigenvalue weighted by Gasteiger charge is 2.47. The molecule has 0 aliphatic carbocycles. The zero-order valence-electron chi connectivity index (χ0n) is 19.0. The summed E-state index contributed by atoms with van der Waals surface area (Å²) in [6, 6.07) is 20.2. The molecule has 1 aliphatic heterocycles. The van der Waals surface area contributed by atoms with Crippen LogP contribution in [0.4, 0.5) is 4.39 Å². The van der Waals surface area contributed by atoms with E-state index in [0.717, 1.165) is 11.1 Å². The van der Waals surface area contributed by atoms with Crippen molar-refractivity contribution >= 4 is 33.2 Å². The van der Waals surface area contributed by atoms with Crippen LogP contribution >= 0.6 is 23.2 Å². The molecule has 2 atom stereocenters. The van der Waals surface area contributed by atoms with E-state index in [9.17, 15) is 12.8 Å². The van der Waals surface area contributed by atoms with Gasteiger partial charge < -0.3 is 0 Å². The highest BCUT2D eigenvalue weighted by molar-refractivity contribution is 7.89. The second-order valence-electron chi connectivity index (χ2n) is 8.58. The second kappa shape index (κ2) is 10.3. The first-order valence-electron chi connectivity index (χ1n) is 11.3. The monoisotopic (exact) mass is 520 g/mol. The lowest BCUT2D eigenvalue weighted by Gasteiger charge is -2.54. The van der Waals surface area contributed by atoms with Gasteiger partial charge in [0.1, 0.15) is 5.82 Å². The molecule has 0 bridgehead atoms. The van der Waals surface area contributed by atoms with E-state index in [4.69, 9.17) is 23.2 Å². The average molecular weight is 521 g/mol. The molecule has 0 aromatic heterocycles. The Morgan fingerprint density at radius 2 is 1.44 bits per heavy atom. The summed E-state index contributed by atoms with van der Waals surface area (Å²) in [5.74, 6) is -0.460. The molecule has 2 unspecified atom stereocenters. The van der Waals surface area contributed by atoms with Crippen molar-refractivity contribution in [3.63, 3.8) is 0 Å². The van der Waals surface area contributed by atoms with E-state index in [1.54, 1.807) is 4.31 Å². The van der Waals surface area contributed by atoms with E-state index in [0.29, 0.717) is 29.6 Å². The molecule has 0 amide bonds. The van der Waals surface area contributed by atoms with E-state index in [1.165, 1.54) is 24.3 Å². The molecule has 3 aromatic carbocycles. The summed E-state index contributed by atoms with van der Waals surface area (Å²) in [6.07, 6.45) is 0.682. The zero-order valence-corrected chi connectivity index (χ0v) is 21.4. The van der Waals surface area contributed by atoms with Crippen molar-refractivity contribution in [2.75, 3.05) is 13.1 Å². The number of sulfonamides is 1. The van der Waals surface area contributed by atoms with E-state index in [-0.39, 0.29) is 23.0 Å². The van der Waals surface area contributed by atoms with Gasteiger partial charge in [-0.3, -0.25) is 4.90 Å². The van der Waals surface area contributed by atoms with Gasteiger partial charge in [-0.15, -0.1) is 0 Å². The van der Waals surface area contributed by atoms with Crippen molar-refractivity contribution < 1.29 is 12.8 Å². The molecule has 1 fully saturated rings. The van der Waals surface area contributed by atoms with Gasteiger partial charge in [-0.2, -0.15) is 4.31 Å². The summed E-state index contributed by atoms with van der Waals surface area (Å²) in [7, 11) is -3.76. The minimum absolute atomic E-state index is 0.0434. The maximum atomic E-state index is 13.5. The molecule has 0 N–H and O–H groups in total. The molecule has 4 rings (SSSR count). The third-order valence-electron chi connectivity index (χ3n) is 6.42. The lowest BCUT2D eigenvalue weighted by Crippen LogP contribution is -2.67. The van der Waals surface area contributed by atoms with Crippen molar-refractivity contribution in [2.45, 2.75) is 43.3 Å². The van der Waals surface area contributed by atoms with Gasteiger partial charge in [-0.05, 0) is 73.0 Å². The predicted molar refractivity (Wildman–Crippen MR) is 135 cm³/mol. The summed E-state index contributed by atoms with van der Waals surface area (Å²) in [4.78, 5) is 2.40. The molecule has 1 saturated heterocycles. The number of likely N-dealkylation sites (tertiary alicyclic amines) is 1. The maximum absolute atomic E-state index is 13.5. The molecule has 180 valence electrons. The van der Waals surface area contributed by atoms with Gasteiger partial charge in [0.25, 0.3) is 0 Å². The number of halogens is 3. The van der Waals surface area contributed by atoms with Crippen molar-refractivity contribution in [1.29, 1.82) is 0 Å². The summed E-state index contributed by atoms with van der Waals surface area (Å²) in [5, 5.41) is 1.32. The van der Waals surface area contributed by atoms with Gasteiger partial charge in [-0.1, -0.05) is 54.4 Å². The number of nitrogens with zero attached hydrogens (tertiary/aromatic N) is 2. The number of hydrogen-bond acceptors (Lipinski definition) is 3. The van der Waals surface area contributed by atoms with Crippen molar-refractivity contribution in [1.82, 2.24) is 9.21 Å². The number of hydrogen-bond donors (Lipinski definition) is 0. The lowest BCUT2D eigenvalue weighted by molar-refractivity contribution is -0.00796. The SMILES string of the molecule is CCCN(C1CN(C(c2ccc(Cl)cc2)c2ccc(Cl)cc2)C1C)S(=O)(=O)c1ccc(F)cc1. The highest BCUT2D eigenvalue weighted by Crippen LogP contribution is 2.39. The topological polar surface area (TPSA) is 40.6 Å². The molecule has 1 heterocycles. The van der Waals surface area contributed by atoms with E-state index in [1.807, 2.05) is 55.5 Å². The molecule has 34 heavy (non-hydrogen) atoms. The van der Waals surface area contributed by atoms with Crippen LogP contribution in [0.5, 0.6) is 0 Å². The summed E-state index contributed by atoms with van der Waals surface area (Å²) >= 11 is 12.3. The Balaban J connectivity index is 1.65. The quantitative estimate of drug-likeness (QED) is 0.345. The van der Waals surface area contributed by atoms with Crippen LogP contribution in [-0.4, -0.2) is 42.8 Å². The van der Waals surface area contributed by atoms with Crippen LogP contribution in [-0.2, 0) is 10.0 Å². The van der Waals surface area contributed by atoms with Crippen LogP contribution in [0.25, 0.3) is 0 Å². The van der Waals surface area contributed by atoms with E-state index in [2.05, 4.69) is 11.8 Å². The van der Waals surface area contributed by atoms with Crippen LogP contribution < -0.4 is 0 Å². The molecule has 0 spiro atoms. The van der Waals surface area contributed by atoms with Gasteiger partial charge in [-0.25, -0.2) is 12.8 Å². The Labute approximate surface area is 211 Å². The van der Waals surface area contributed by atoms with Gasteiger partial charge in [0.15, 0.2) is 0 Å². The smallest absolute Gasteiger partial charge is 0.243 e. The normalized spacial score (nSPS) is 18.9. The largest absolute Gasteiger partial charge is 0.286 e. The molecular formula is C26H27Cl2FN2O2S. The second-order valence-corrected chi connectivity index (χ2v) is 11.3. The molecule has 0 saturated carbocycles. The van der Waals surface area contributed by atoms with Gasteiger partial charge in [0.2, 0.25) is 10.0 Å². The van der Waals surface area contributed by atoms with Crippen molar-refractivity contribution in [2.24, 2.45) is 0 Å². The highest BCUT2D eigenvalue weighted by atomic mass is 35.5. The summed E-state index contributed by atoms with van der Waals surface area (Å²) < 4.78 is 41.9. The van der Waals surface area contributed by atoms with Gasteiger partial charge >= 0.3 is 0 Å². The van der Waals surface area contributed by atoms with Gasteiger partial charge in [0.05, 0.1) is 17.0 Å². The fourth-order valence-electron chi connectivity index (χ4n) is 4.58. The Bertz CT molecular complexity index is 1170. The Kier molecular flexibility index (Phi) is 7.65. The van der Waals surface area contributed by atoms with Crippen molar-refractivity contribution in [3.05, 3.63) is 99.8 Å². The first-order chi connectivity index (χ1) is 16.2. The van der Waals surface area contributed by atoms with E-state index < -0.39 is 15.8 Å². The molecule has 8 heteroatoms. The fourth-order valence-corrected chi connectivity index (χ4v) is 6.61. The Morgan fingerprint density at radius 3 is 1.88 bits per heavy atom. The first-order valence-corrected chi connectivity index (χ1v) is 13.5. The van der Waals surface area contributed by atoms with Crippen LogP contribution in [0.1, 0.15) is 37.4 Å². The van der Waals surface area contributed by atoms with E-state index >= 15 is 0 Å². The molecule has 4 nitrogen and oxygen atoms in total. The predicted octanol–water partition coefficient (Wildman–Crippen LogP) is 6.40. The van der Waals surface area contributed by atoms with Crippen LogP contribution in [0.15, 0.2) is 77.7 Å². The Morgan fingerprint density at radius 1 is 0.941 bits per heavy atom.